The second kappa shape index (κ2) is 7.98. The summed E-state index contributed by atoms with van der Waals surface area (Å²) in [6.45, 7) is 6.15. The van der Waals surface area contributed by atoms with Crippen LogP contribution in [0.3, 0.4) is 0 Å². The molecule has 0 radical (unpaired) electrons. The van der Waals surface area contributed by atoms with Gasteiger partial charge in [-0.1, -0.05) is 31.5 Å². The highest BCUT2D eigenvalue weighted by Gasteiger charge is 2.18. The minimum atomic E-state index is -0.510. The van der Waals surface area contributed by atoms with Crippen LogP contribution in [-0.2, 0) is 0 Å². The summed E-state index contributed by atoms with van der Waals surface area (Å²) in [7, 11) is 0. The Morgan fingerprint density at radius 1 is 1.32 bits per heavy atom. The summed E-state index contributed by atoms with van der Waals surface area (Å²) in [5.41, 5.74) is 0.944. The van der Waals surface area contributed by atoms with E-state index in [0.29, 0.717) is 34.5 Å². The molecule has 132 valence electrons. The molecule has 2 rings (SSSR count). The molecular formula is C18H19ClN2O4. The van der Waals surface area contributed by atoms with Gasteiger partial charge in [0.25, 0.3) is 11.6 Å². The van der Waals surface area contributed by atoms with Gasteiger partial charge in [0.2, 0.25) is 0 Å². The highest BCUT2D eigenvalue weighted by molar-refractivity contribution is 6.32. The van der Waals surface area contributed by atoms with Gasteiger partial charge in [-0.15, -0.1) is 0 Å². The van der Waals surface area contributed by atoms with Crippen molar-refractivity contribution in [2.45, 2.75) is 20.8 Å². The number of amides is 1. The zero-order chi connectivity index (χ0) is 18.6. The number of rotatable bonds is 6. The Morgan fingerprint density at radius 2 is 2.04 bits per heavy atom. The number of hydrogen-bond acceptors (Lipinski definition) is 4. The first-order valence-corrected chi connectivity index (χ1v) is 8.15. The minimum Gasteiger partial charge on any atom is -0.492 e. The van der Waals surface area contributed by atoms with Crippen molar-refractivity contribution >= 4 is 28.9 Å². The van der Waals surface area contributed by atoms with Gasteiger partial charge in [0.15, 0.2) is 0 Å². The van der Waals surface area contributed by atoms with E-state index in [2.05, 4.69) is 5.32 Å². The quantitative estimate of drug-likeness (QED) is 0.588. The SMILES string of the molecule is Cc1c(C(=O)Nc2ccc(OCC(C)C)c(Cl)c2)cccc1[N+](=O)[O-]. The highest BCUT2D eigenvalue weighted by Crippen LogP contribution is 2.29. The first-order valence-electron chi connectivity index (χ1n) is 7.77. The molecular weight excluding hydrogens is 344 g/mol. The van der Waals surface area contributed by atoms with Gasteiger partial charge < -0.3 is 10.1 Å². The number of nitrogens with zero attached hydrogens (tertiary/aromatic N) is 1. The van der Waals surface area contributed by atoms with Gasteiger partial charge in [-0.25, -0.2) is 0 Å². The molecule has 1 N–H and O–H groups in total. The number of ether oxygens (including phenoxy) is 1. The summed E-state index contributed by atoms with van der Waals surface area (Å²) in [6.07, 6.45) is 0. The molecule has 0 aliphatic carbocycles. The van der Waals surface area contributed by atoms with E-state index >= 15 is 0 Å². The fourth-order valence-electron chi connectivity index (χ4n) is 2.22. The maximum absolute atomic E-state index is 12.4. The van der Waals surface area contributed by atoms with Crippen LogP contribution in [0, 0.1) is 23.0 Å². The Labute approximate surface area is 150 Å². The van der Waals surface area contributed by atoms with Crippen LogP contribution in [-0.4, -0.2) is 17.4 Å². The zero-order valence-electron chi connectivity index (χ0n) is 14.2. The lowest BCUT2D eigenvalue weighted by molar-refractivity contribution is -0.385. The Bertz CT molecular complexity index is 806. The van der Waals surface area contributed by atoms with E-state index < -0.39 is 10.8 Å². The fraction of sp³-hybridized carbons (Fsp3) is 0.278. The number of nitro benzene ring substituents is 1. The number of hydrogen-bond donors (Lipinski definition) is 1. The van der Waals surface area contributed by atoms with Crippen molar-refractivity contribution in [2.24, 2.45) is 5.92 Å². The van der Waals surface area contributed by atoms with Crippen molar-refractivity contribution in [2.75, 3.05) is 11.9 Å². The molecule has 0 spiro atoms. The molecule has 0 aromatic heterocycles. The van der Waals surface area contributed by atoms with Crippen molar-refractivity contribution in [3.8, 4) is 5.75 Å². The molecule has 0 bridgehead atoms. The molecule has 0 fully saturated rings. The first-order chi connectivity index (χ1) is 11.8. The molecule has 7 heteroatoms. The summed E-state index contributed by atoms with van der Waals surface area (Å²) in [4.78, 5) is 22.9. The van der Waals surface area contributed by atoms with Crippen LogP contribution in [0.15, 0.2) is 36.4 Å². The first kappa shape index (κ1) is 18.7. The number of anilines is 1. The van der Waals surface area contributed by atoms with Gasteiger partial charge in [-0.05, 0) is 37.1 Å². The van der Waals surface area contributed by atoms with Gasteiger partial charge in [-0.3, -0.25) is 14.9 Å². The lowest BCUT2D eigenvalue weighted by Crippen LogP contribution is -2.14. The highest BCUT2D eigenvalue weighted by atomic mass is 35.5. The average Bonchev–Trinajstić information content (AvgIpc) is 2.53. The Morgan fingerprint density at radius 3 is 2.64 bits per heavy atom. The van der Waals surface area contributed by atoms with Crippen molar-refractivity contribution in [1.29, 1.82) is 0 Å². The number of benzene rings is 2. The molecule has 0 atom stereocenters. The monoisotopic (exact) mass is 362 g/mol. The van der Waals surface area contributed by atoms with Gasteiger partial charge in [0.05, 0.1) is 16.6 Å². The summed E-state index contributed by atoms with van der Waals surface area (Å²) in [5.74, 6) is 0.473. The standard InChI is InChI=1S/C18H19ClN2O4/c1-11(2)10-25-17-8-7-13(9-15(17)19)20-18(22)14-5-4-6-16(12(14)3)21(23)24/h4-9,11H,10H2,1-3H3,(H,20,22). The number of carbonyl (C=O) groups excluding carboxylic acids is 1. The van der Waals surface area contributed by atoms with Gasteiger partial charge in [-0.2, -0.15) is 0 Å². The van der Waals surface area contributed by atoms with Crippen LogP contribution >= 0.6 is 11.6 Å². The van der Waals surface area contributed by atoms with E-state index in [0.717, 1.165) is 0 Å². The van der Waals surface area contributed by atoms with Crippen molar-refractivity contribution in [1.82, 2.24) is 0 Å². The van der Waals surface area contributed by atoms with Gasteiger partial charge >= 0.3 is 0 Å². The largest absolute Gasteiger partial charge is 0.492 e. The van der Waals surface area contributed by atoms with Crippen molar-refractivity contribution in [3.05, 3.63) is 62.7 Å². The molecule has 0 unspecified atom stereocenters. The normalized spacial score (nSPS) is 10.6. The van der Waals surface area contributed by atoms with E-state index in [1.54, 1.807) is 31.2 Å². The third-order valence-corrected chi connectivity index (χ3v) is 3.80. The van der Waals surface area contributed by atoms with Crippen LogP contribution in [0.2, 0.25) is 5.02 Å². The topological polar surface area (TPSA) is 81.5 Å². The number of carbonyl (C=O) groups is 1. The predicted molar refractivity (Wildman–Crippen MR) is 97.6 cm³/mol. The second-order valence-electron chi connectivity index (χ2n) is 6.01. The molecule has 0 aliphatic heterocycles. The third-order valence-electron chi connectivity index (χ3n) is 3.51. The van der Waals surface area contributed by atoms with Crippen LogP contribution in [0.5, 0.6) is 5.75 Å². The summed E-state index contributed by atoms with van der Waals surface area (Å²) in [5, 5.41) is 14.1. The van der Waals surface area contributed by atoms with Crippen LogP contribution in [0.4, 0.5) is 11.4 Å². The number of nitrogens with one attached hydrogen (secondary N) is 1. The summed E-state index contributed by atoms with van der Waals surface area (Å²) < 4.78 is 5.58. The number of nitro groups is 1. The Kier molecular flexibility index (Phi) is 5.98. The van der Waals surface area contributed by atoms with E-state index in [9.17, 15) is 14.9 Å². The fourth-order valence-corrected chi connectivity index (χ4v) is 2.45. The second-order valence-corrected chi connectivity index (χ2v) is 6.42. The molecule has 0 heterocycles. The molecule has 0 saturated carbocycles. The minimum absolute atomic E-state index is 0.0943. The lowest BCUT2D eigenvalue weighted by atomic mass is 10.1. The summed E-state index contributed by atoms with van der Waals surface area (Å²) >= 11 is 6.17. The third kappa shape index (κ3) is 4.70. The predicted octanol–water partition coefficient (Wildman–Crippen LogP) is 4.84. The lowest BCUT2D eigenvalue weighted by Gasteiger charge is -2.12. The maximum atomic E-state index is 12.4. The molecule has 2 aromatic carbocycles. The van der Waals surface area contributed by atoms with Crippen molar-refractivity contribution < 1.29 is 14.5 Å². The molecule has 2 aromatic rings. The molecule has 0 saturated heterocycles. The molecule has 25 heavy (non-hydrogen) atoms. The van der Waals surface area contributed by atoms with E-state index in [1.165, 1.54) is 12.1 Å². The van der Waals surface area contributed by atoms with Gasteiger partial charge in [0.1, 0.15) is 5.75 Å². The van der Waals surface area contributed by atoms with Gasteiger partial charge in [0, 0.05) is 22.9 Å². The van der Waals surface area contributed by atoms with Crippen LogP contribution in [0.25, 0.3) is 0 Å². The van der Waals surface area contributed by atoms with Crippen molar-refractivity contribution in [3.63, 3.8) is 0 Å². The zero-order valence-corrected chi connectivity index (χ0v) is 15.0. The van der Waals surface area contributed by atoms with E-state index in [1.807, 2.05) is 13.8 Å². The smallest absolute Gasteiger partial charge is 0.273 e. The molecule has 0 aliphatic rings. The summed E-state index contributed by atoms with van der Waals surface area (Å²) in [6, 6.07) is 9.33. The Hall–Kier alpha value is -2.60. The number of halogens is 1. The molecule has 1 amide bonds. The molecule has 6 nitrogen and oxygen atoms in total. The maximum Gasteiger partial charge on any atom is 0.273 e. The van der Waals surface area contributed by atoms with Crippen LogP contribution < -0.4 is 10.1 Å². The van der Waals surface area contributed by atoms with Crippen LogP contribution in [0.1, 0.15) is 29.8 Å². The average molecular weight is 363 g/mol. The Balaban J connectivity index is 2.17. The van der Waals surface area contributed by atoms with E-state index in [4.69, 9.17) is 16.3 Å². The van der Waals surface area contributed by atoms with E-state index in [-0.39, 0.29) is 11.3 Å².